The van der Waals surface area contributed by atoms with Crippen LogP contribution in [0, 0.1) is 5.41 Å². The van der Waals surface area contributed by atoms with Crippen molar-refractivity contribution in [2.75, 3.05) is 26.8 Å². The summed E-state index contributed by atoms with van der Waals surface area (Å²) in [6.07, 6.45) is 3.15. The summed E-state index contributed by atoms with van der Waals surface area (Å²) in [7, 11) is 1.61. The number of hydrogen-bond donors (Lipinski definition) is 2. The molecule has 0 aromatic rings. The van der Waals surface area contributed by atoms with Gasteiger partial charge in [-0.1, -0.05) is 13.3 Å². The predicted molar refractivity (Wildman–Crippen MR) is 75.7 cm³/mol. The molecule has 6 nitrogen and oxygen atoms in total. The average molecular weight is 286 g/mol. The Morgan fingerprint density at radius 3 is 2.75 bits per heavy atom. The van der Waals surface area contributed by atoms with E-state index in [1.54, 1.807) is 18.9 Å². The minimum absolute atomic E-state index is 0.0180. The number of likely N-dealkylation sites (tertiary alicyclic amines) is 1. The van der Waals surface area contributed by atoms with E-state index in [4.69, 9.17) is 4.74 Å². The van der Waals surface area contributed by atoms with Crippen LogP contribution >= 0.6 is 0 Å². The highest BCUT2D eigenvalue weighted by Crippen LogP contribution is 2.29. The summed E-state index contributed by atoms with van der Waals surface area (Å²) in [6, 6.07) is -0.205. The summed E-state index contributed by atoms with van der Waals surface area (Å²) in [5.41, 5.74) is -0.836. The van der Waals surface area contributed by atoms with Crippen LogP contribution in [0.15, 0.2) is 0 Å². The predicted octanol–water partition coefficient (Wildman–Crippen LogP) is 1.70. The van der Waals surface area contributed by atoms with E-state index < -0.39 is 11.4 Å². The van der Waals surface area contributed by atoms with Gasteiger partial charge >= 0.3 is 12.0 Å². The molecule has 0 aromatic heterocycles. The molecule has 1 heterocycles. The smallest absolute Gasteiger partial charge is 0.317 e. The minimum Gasteiger partial charge on any atom is -0.481 e. The molecule has 0 saturated carbocycles. The first-order valence-corrected chi connectivity index (χ1v) is 7.20. The van der Waals surface area contributed by atoms with Crippen molar-refractivity contribution in [1.82, 2.24) is 10.2 Å². The summed E-state index contributed by atoms with van der Waals surface area (Å²) >= 11 is 0. The molecule has 0 aromatic carbocycles. The number of carboxylic acid groups (broad SMARTS) is 1. The molecule has 2 N–H and O–H groups in total. The lowest BCUT2D eigenvalue weighted by Crippen LogP contribution is -2.53. The van der Waals surface area contributed by atoms with Gasteiger partial charge in [-0.2, -0.15) is 0 Å². The average Bonchev–Trinajstić information content (AvgIpc) is 2.39. The van der Waals surface area contributed by atoms with Gasteiger partial charge in [0, 0.05) is 20.2 Å². The summed E-state index contributed by atoms with van der Waals surface area (Å²) < 4.78 is 5.10. The zero-order valence-corrected chi connectivity index (χ0v) is 12.6. The number of carbonyl (C=O) groups excluding carboxylic acids is 1. The molecule has 116 valence electrons. The third-order valence-corrected chi connectivity index (χ3v) is 3.83. The van der Waals surface area contributed by atoms with E-state index in [2.05, 4.69) is 12.2 Å². The van der Waals surface area contributed by atoms with Gasteiger partial charge in [0.1, 0.15) is 0 Å². The van der Waals surface area contributed by atoms with Crippen molar-refractivity contribution < 1.29 is 19.4 Å². The molecule has 1 aliphatic heterocycles. The van der Waals surface area contributed by atoms with Crippen molar-refractivity contribution in [3.63, 3.8) is 0 Å². The molecular formula is C14H26N2O4. The maximum absolute atomic E-state index is 12.2. The van der Waals surface area contributed by atoms with E-state index in [1.807, 2.05) is 0 Å². The summed E-state index contributed by atoms with van der Waals surface area (Å²) in [4.78, 5) is 25.1. The molecule has 0 spiro atoms. The van der Waals surface area contributed by atoms with Gasteiger partial charge in [-0.05, 0) is 26.2 Å². The van der Waals surface area contributed by atoms with E-state index in [9.17, 15) is 14.7 Å². The highest BCUT2D eigenvalue weighted by molar-refractivity contribution is 5.78. The van der Waals surface area contributed by atoms with Crippen LogP contribution in [0.4, 0.5) is 4.79 Å². The summed E-state index contributed by atoms with van der Waals surface area (Å²) in [5, 5.41) is 12.2. The van der Waals surface area contributed by atoms with Crippen LogP contribution in [0.2, 0.25) is 0 Å². The number of methoxy groups -OCH3 is 1. The first-order valence-electron chi connectivity index (χ1n) is 7.20. The zero-order chi connectivity index (χ0) is 15.2. The van der Waals surface area contributed by atoms with Crippen LogP contribution in [0.3, 0.4) is 0 Å². The van der Waals surface area contributed by atoms with E-state index in [0.29, 0.717) is 19.6 Å². The number of urea groups is 1. The molecule has 2 amide bonds. The standard InChI is InChI=1S/C14H26N2O4/c1-4-6-11(9-20-3)15-13(19)16-8-5-7-14(2,10-16)12(17)18/h11H,4-10H2,1-3H3,(H,15,19)(H,17,18). The maximum Gasteiger partial charge on any atom is 0.317 e. The highest BCUT2D eigenvalue weighted by atomic mass is 16.5. The fourth-order valence-corrected chi connectivity index (χ4v) is 2.60. The second-order valence-corrected chi connectivity index (χ2v) is 5.78. The largest absolute Gasteiger partial charge is 0.481 e. The molecule has 1 saturated heterocycles. The Morgan fingerprint density at radius 1 is 1.50 bits per heavy atom. The van der Waals surface area contributed by atoms with Gasteiger partial charge < -0.3 is 20.1 Å². The molecular weight excluding hydrogens is 260 g/mol. The van der Waals surface area contributed by atoms with Crippen molar-refractivity contribution in [3.05, 3.63) is 0 Å². The molecule has 6 heteroatoms. The first-order chi connectivity index (χ1) is 9.42. The molecule has 0 bridgehead atoms. The second-order valence-electron chi connectivity index (χ2n) is 5.78. The molecule has 2 atom stereocenters. The Labute approximate surface area is 120 Å². The van der Waals surface area contributed by atoms with E-state index in [0.717, 1.165) is 19.3 Å². The van der Waals surface area contributed by atoms with Gasteiger partial charge in [0.2, 0.25) is 0 Å². The first kappa shape index (κ1) is 16.8. The normalized spacial score (nSPS) is 24.2. The van der Waals surface area contributed by atoms with Gasteiger partial charge in [0.25, 0.3) is 0 Å². The van der Waals surface area contributed by atoms with Gasteiger partial charge in [0.15, 0.2) is 0 Å². The van der Waals surface area contributed by atoms with Crippen LogP contribution in [0.1, 0.15) is 39.5 Å². The van der Waals surface area contributed by atoms with Crippen molar-refractivity contribution in [2.45, 2.75) is 45.6 Å². The van der Waals surface area contributed by atoms with Crippen molar-refractivity contribution in [2.24, 2.45) is 5.41 Å². The van der Waals surface area contributed by atoms with Crippen LogP contribution in [0.5, 0.6) is 0 Å². The number of hydrogen-bond acceptors (Lipinski definition) is 3. The van der Waals surface area contributed by atoms with E-state index in [1.165, 1.54) is 0 Å². The lowest BCUT2D eigenvalue weighted by Gasteiger charge is -2.38. The Kier molecular flexibility index (Phi) is 6.26. The monoisotopic (exact) mass is 286 g/mol. The fourth-order valence-electron chi connectivity index (χ4n) is 2.60. The third kappa shape index (κ3) is 4.37. The number of carbonyl (C=O) groups is 2. The summed E-state index contributed by atoms with van der Waals surface area (Å²) in [6.45, 7) is 5.11. The Balaban J connectivity index is 2.60. The van der Waals surface area contributed by atoms with Crippen LogP contribution in [0.25, 0.3) is 0 Å². The third-order valence-electron chi connectivity index (χ3n) is 3.83. The molecule has 1 fully saturated rings. The van der Waals surface area contributed by atoms with Crippen LogP contribution in [-0.4, -0.2) is 54.9 Å². The molecule has 20 heavy (non-hydrogen) atoms. The Hall–Kier alpha value is -1.30. The number of rotatable bonds is 6. The van der Waals surface area contributed by atoms with Gasteiger partial charge in [-0.15, -0.1) is 0 Å². The summed E-state index contributed by atoms with van der Waals surface area (Å²) in [5.74, 6) is -0.836. The number of aliphatic carboxylic acids is 1. The maximum atomic E-state index is 12.2. The lowest BCUT2D eigenvalue weighted by atomic mass is 9.82. The molecule has 0 aliphatic carbocycles. The highest BCUT2D eigenvalue weighted by Gasteiger charge is 2.39. The molecule has 1 rings (SSSR count). The molecule has 2 unspecified atom stereocenters. The number of piperidine rings is 1. The quantitative estimate of drug-likeness (QED) is 0.779. The van der Waals surface area contributed by atoms with Crippen LogP contribution in [-0.2, 0) is 9.53 Å². The number of carboxylic acids is 1. The van der Waals surface area contributed by atoms with E-state index in [-0.39, 0.29) is 18.6 Å². The van der Waals surface area contributed by atoms with Gasteiger partial charge in [-0.25, -0.2) is 4.79 Å². The second kappa shape index (κ2) is 7.47. The zero-order valence-electron chi connectivity index (χ0n) is 12.6. The number of nitrogens with zero attached hydrogens (tertiary/aromatic N) is 1. The number of ether oxygens (including phenoxy) is 1. The van der Waals surface area contributed by atoms with Crippen molar-refractivity contribution in [1.29, 1.82) is 0 Å². The van der Waals surface area contributed by atoms with Crippen LogP contribution < -0.4 is 5.32 Å². The van der Waals surface area contributed by atoms with E-state index >= 15 is 0 Å². The van der Waals surface area contributed by atoms with Crippen molar-refractivity contribution >= 4 is 12.0 Å². The number of nitrogens with one attached hydrogen (secondary N) is 1. The fraction of sp³-hybridized carbons (Fsp3) is 0.857. The lowest BCUT2D eigenvalue weighted by molar-refractivity contribution is -0.150. The topological polar surface area (TPSA) is 78.9 Å². The minimum atomic E-state index is -0.836. The Morgan fingerprint density at radius 2 is 2.20 bits per heavy atom. The molecule has 0 radical (unpaired) electrons. The molecule has 1 aliphatic rings. The SMILES string of the molecule is CCCC(COC)NC(=O)N1CCCC(C)(C(=O)O)C1. The van der Waals surface area contributed by atoms with Crippen molar-refractivity contribution in [3.8, 4) is 0 Å². The van der Waals surface area contributed by atoms with Gasteiger partial charge in [-0.3, -0.25) is 4.79 Å². The Bertz CT molecular complexity index is 342. The number of amides is 2. The van der Waals surface area contributed by atoms with Gasteiger partial charge in [0.05, 0.1) is 18.1 Å².